The van der Waals surface area contributed by atoms with Gasteiger partial charge in [0.15, 0.2) is 5.69 Å². The predicted molar refractivity (Wildman–Crippen MR) is 52.5 cm³/mol. The molecule has 16 heavy (non-hydrogen) atoms. The number of hydrogen-bond donors (Lipinski definition) is 0. The van der Waals surface area contributed by atoms with Crippen molar-refractivity contribution in [2.45, 2.75) is 26.4 Å². The Balaban J connectivity index is 3.15. The number of alkyl halides is 3. The van der Waals surface area contributed by atoms with Gasteiger partial charge in [-0.3, -0.25) is 0 Å². The molecule has 0 amide bonds. The molecule has 3 nitrogen and oxygen atoms in total. The Bertz CT molecular complexity index is 387. The quantitative estimate of drug-likeness (QED) is 0.777. The minimum absolute atomic E-state index is 0.0229. The third kappa shape index (κ3) is 2.72. The van der Waals surface area contributed by atoms with Crippen molar-refractivity contribution in [1.29, 1.82) is 0 Å². The van der Waals surface area contributed by atoms with Crippen molar-refractivity contribution < 1.29 is 22.7 Å². The molecule has 0 spiro atoms. The molecule has 0 aliphatic heterocycles. The zero-order valence-electron chi connectivity index (χ0n) is 8.72. The smallest absolute Gasteiger partial charge is 0.428 e. The number of thiazole rings is 1. The molecule has 0 aliphatic rings. The minimum Gasteiger partial charge on any atom is -0.461 e. The highest BCUT2D eigenvalue weighted by molar-refractivity contribution is 7.12. The SMILES string of the molecule is CCOC(=O)c1nc(CC)sc1C(F)(F)F. The monoisotopic (exact) mass is 253 g/mol. The third-order valence-electron chi connectivity index (χ3n) is 1.70. The number of ether oxygens (including phenoxy) is 1. The molecule has 0 radical (unpaired) electrons. The normalized spacial score (nSPS) is 11.6. The molecule has 1 aromatic heterocycles. The number of esters is 1. The van der Waals surface area contributed by atoms with E-state index in [-0.39, 0.29) is 11.6 Å². The van der Waals surface area contributed by atoms with E-state index >= 15 is 0 Å². The highest BCUT2D eigenvalue weighted by Crippen LogP contribution is 2.36. The van der Waals surface area contributed by atoms with Gasteiger partial charge in [0.25, 0.3) is 0 Å². The largest absolute Gasteiger partial charge is 0.461 e. The van der Waals surface area contributed by atoms with Crippen molar-refractivity contribution in [2.24, 2.45) is 0 Å². The van der Waals surface area contributed by atoms with Gasteiger partial charge in [0.2, 0.25) is 0 Å². The second-order valence-corrected chi connectivity index (χ2v) is 3.94. The predicted octanol–water partition coefficient (Wildman–Crippen LogP) is 2.90. The number of halogens is 3. The number of aromatic nitrogens is 1. The molecule has 0 atom stereocenters. The van der Waals surface area contributed by atoms with E-state index in [4.69, 9.17) is 0 Å². The molecule has 0 bridgehead atoms. The zero-order valence-corrected chi connectivity index (χ0v) is 9.54. The van der Waals surface area contributed by atoms with E-state index < -0.39 is 22.7 Å². The Kier molecular flexibility index (Phi) is 3.90. The number of carbonyl (C=O) groups excluding carboxylic acids is 1. The molecule has 0 N–H and O–H groups in total. The summed E-state index contributed by atoms with van der Waals surface area (Å²) in [6, 6.07) is 0. The molecule has 1 aromatic rings. The third-order valence-corrected chi connectivity index (χ3v) is 2.94. The first-order chi connectivity index (χ1) is 7.40. The molecular weight excluding hydrogens is 243 g/mol. The first-order valence-corrected chi connectivity index (χ1v) is 5.45. The molecule has 0 unspecified atom stereocenters. The average Bonchev–Trinajstić information content (AvgIpc) is 2.61. The van der Waals surface area contributed by atoms with Gasteiger partial charge in [-0.15, -0.1) is 11.3 Å². The van der Waals surface area contributed by atoms with E-state index in [1.54, 1.807) is 6.92 Å². The molecular formula is C9H10F3NO2S. The van der Waals surface area contributed by atoms with Crippen LogP contribution in [0.1, 0.15) is 34.2 Å². The maximum atomic E-state index is 12.6. The summed E-state index contributed by atoms with van der Waals surface area (Å²) in [6.45, 7) is 3.22. The van der Waals surface area contributed by atoms with Gasteiger partial charge >= 0.3 is 12.1 Å². The highest BCUT2D eigenvalue weighted by Gasteiger charge is 2.39. The number of carbonyl (C=O) groups is 1. The Labute approximate surface area is 94.3 Å². The lowest BCUT2D eigenvalue weighted by molar-refractivity contribution is -0.135. The first kappa shape index (κ1) is 13.0. The van der Waals surface area contributed by atoms with Crippen molar-refractivity contribution >= 4 is 17.3 Å². The van der Waals surface area contributed by atoms with E-state index in [1.807, 2.05) is 0 Å². The zero-order chi connectivity index (χ0) is 12.3. The average molecular weight is 253 g/mol. The summed E-state index contributed by atoms with van der Waals surface area (Å²) < 4.78 is 42.2. The number of aryl methyl sites for hydroxylation is 1. The lowest BCUT2D eigenvalue weighted by atomic mass is 10.3. The lowest BCUT2D eigenvalue weighted by Crippen LogP contribution is -2.13. The van der Waals surface area contributed by atoms with E-state index in [0.717, 1.165) is 0 Å². The van der Waals surface area contributed by atoms with Crippen molar-refractivity contribution in [3.05, 3.63) is 15.6 Å². The molecule has 0 fully saturated rings. The summed E-state index contributed by atoms with van der Waals surface area (Å²) in [5.41, 5.74) is -0.629. The Hall–Kier alpha value is -1.11. The Morgan fingerprint density at radius 1 is 1.44 bits per heavy atom. The van der Waals surface area contributed by atoms with Crippen LogP contribution in [0.3, 0.4) is 0 Å². The Morgan fingerprint density at radius 2 is 2.06 bits per heavy atom. The van der Waals surface area contributed by atoms with E-state index in [1.165, 1.54) is 6.92 Å². The molecule has 7 heteroatoms. The second-order valence-electron chi connectivity index (χ2n) is 2.86. The second kappa shape index (κ2) is 4.82. The van der Waals surface area contributed by atoms with Crippen LogP contribution in [-0.4, -0.2) is 17.6 Å². The summed E-state index contributed by atoms with van der Waals surface area (Å²) in [5, 5.41) is 0.273. The Morgan fingerprint density at radius 3 is 2.50 bits per heavy atom. The fourth-order valence-corrected chi connectivity index (χ4v) is 1.90. The molecule has 0 aromatic carbocycles. The van der Waals surface area contributed by atoms with Crippen LogP contribution >= 0.6 is 11.3 Å². The van der Waals surface area contributed by atoms with E-state index in [9.17, 15) is 18.0 Å². The van der Waals surface area contributed by atoms with Gasteiger partial charge in [-0.2, -0.15) is 13.2 Å². The molecule has 0 saturated carbocycles. The van der Waals surface area contributed by atoms with Gasteiger partial charge in [-0.25, -0.2) is 9.78 Å². The van der Waals surface area contributed by atoms with Crippen molar-refractivity contribution in [1.82, 2.24) is 4.98 Å². The number of hydrogen-bond acceptors (Lipinski definition) is 4. The van der Waals surface area contributed by atoms with Gasteiger partial charge in [0.1, 0.15) is 4.88 Å². The van der Waals surface area contributed by atoms with Crippen molar-refractivity contribution in [3.63, 3.8) is 0 Å². The van der Waals surface area contributed by atoms with Crippen LogP contribution in [0.25, 0.3) is 0 Å². The fraction of sp³-hybridized carbons (Fsp3) is 0.556. The van der Waals surface area contributed by atoms with Crippen LogP contribution in [-0.2, 0) is 17.3 Å². The van der Waals surface area contributed by atoms with Gasteiger partial charge in [0, 0.05) is 0 Å². The minimum atomic E-state index is -4.56. The van der Waals surface area contributed by atoms with Gasteiger partial charge in [0.05, 0.1) is 11.6 Å². The van der Waals surface area contributed by atoms with Crippen LogP contribution in [0.4, 0.5) is 13.2 Å². The van der Waals surface area contributed by atoms with Crippen molar-refractivity contribution in [2.75, 3.05) is 6.61 Å². The van der Waals surface area contributed by atoms with Crippen LogP contribution in [0.15, 0.2) is 0 Å². The van der Waals surface area contributed by atoms with Crippen molar-refractivity contribution in [3.8, 4) is 0 Å². The van der Waals surface area contributed by atoms with E-state index in [2.05, 4.69) is 9.72 Å². The molecule has 90 valence electrons. The van der Waals surface area contributed by atoms with Crippen LogP contribution in [0.5, 0.6) is 0 Å². The van der Waals surface area contributed by atoms with Gasteiger partial charge in [-0.1, -0.05) is 6.92 Å². The van der Waals surface area contributed by atoms with Crippen LogP contribution in [0.2, 0.25) is 0 Å². The van der Waals surface area contributed by atoms with Gasteiger partial charge in [-0.05, 0) is 13.3 Å². The molecule has 1 heterocycles. The van der Waals surface area contributed by atoms with E-state index in [0.29, 0.717) is 17.8 Å². The topological polar surface area (TPSA) is 39.2 Å². The number of nitrogens with zero attached hydrogens (tertiary/aromatic N) is 1. The first-order valence-electron chi connectivity index (χ1n) is 4.64. The molecule has 0 saturated heterocycles. The van der Waals surface area contributed by atoms with Crippen LogP contribution < -0.4 is 0 Å². The van der Waals surface area contributed by atoms with Crippen LogP contribution in [0, 0.1) is 0 Å². The summed E-state index contributed by atoms with van der Waals surface area (Å²) in [7, 11) is 0. The maximum absolute atomic E-state index is 12.6. The van der Waals surface area contributed by atoms with Gasteiger partial charge < -0.3 is 4.74 Å². The standard InChI is InChI=1S/C9H10F3NO2S/c1-3-5-13-6(8(14)15-4-2)7(16-5)9(10,11)12/h3-4H2,1-2H3. The summed E-state index contributed by atoms with van der Waals surface area (Å²) in [5.74, 6) is -1.02. The molecule has 0 aliphatic carbocycles. The molecule has 1 rings (SSSR count). The summed E-state index contributed by atoms with van der Waals surface area (Å²) in [4.78, 5) is 13.9. The number of rotatable bonds is 3. The lowest BCUT2D eigenvalue weighted by Gasteiger charge is -2.05. The highest BCUT2D eigenvalue weighted by atomic mass is 32.1. The summed E-state index contributed by atoms with van der Waals surface area (Å²) >= 11 is 0.484. The maximum Gasteiger partial charge on any atom is 0.428 e. The summed E-state index contributed by atoms with van der Waals surface area (Å²) in [6.07, 6.45) is -4.21. The fourth-order valence-electron chi connectivity index (χ4n) is 1.05.